The van der Waals surface area contributed by atoms with Gasteiger partial charge in [0, 0.05) is 22.3 Å². The molecule has 0 unspecified atom stereocenters. The SMILES string of the molecule is O=C(NC(=S)Nc1ccc(-c2nc3cc(Cl)ccc3o2)c(O)c1)c1ccc(Cl)c(Cl)c1. The van der Waals surface area contributed by atoms with E-state index in [1.165, 1.54) is 24.3 Å². The predicted octanol–water partition coefficient (Wildman–Crippen LogP) is 6.29. The van der Waals surface area contributed by atoms with E-state index in [0.29, 0.717) is 38.0 Å². The van der Waals surface area contributed by atoms with Crippen molar-refractivity contribution >= 4 is 74.8 Å². The van der Waals surface area contributed by atoms with Crippen molar-refractivity contribution in [1.82, 2.24) is 10.3 Å². The summed E-state index contributed by atoms with van der Waals surface area (Å²) < 4.78 is 5.68. The molecular weight excluding hydrogens is 481 g/mol. The largest absolute Gasteiger partial charge is 0.507 e. The van der Waals surface area contributed by atoms with Crippen LogP contribution in [-0.4, -0.2) is 21.1 Å². The van der Waals surface area contributed by atoms with Crippen molar-refractivity contribution in [2.24, 2.45) is 0 Å². The Kier molecular flexibility index (Phi) is 6.02. The molecule has 0 aliphatic rings. The van der Waals surface area contributed by atoms with Crippen molar-refractivity contribution in [3.05, 3.63) is 75.2 Å². The zero-order chi connectivity index (χ0) is 22.1. The molecule has 10 heteroatoms. The number of halogens is 3. The Morgan fingerprint density at radius 3 is 2.55 bits per heavy atom. The number of thiocarbonyl (C=S) groups is 1. The number of aromatic nitrogens is 1. The smallest absolute Gasteiger partial charge is 0.257 e. The Hall–Kier alpha value is -2.84. The number of oxazole rings is 1. The summed E-state index contributed by atoms with van der Waals surface area (Å²) in [6, 6.07) is 14.3. The maximum absolute atomic E-state index is 12.3. The molecule has 3 N–H and O–H groups in total. The van der Waals surface area contributed by atoms with Crippen molar-refractivity contribution < 1.29 is 14.3 Å². The summed E-state index contributed by atoms with van der Waals surface area (Å²) >= 11 is 22.9. The van der Waals surface area contributed by atoms with E-state index in [1.54, 1.807) is 30.3 Å². The second kappa shape index (κ2) is 8.72. The standard InChI is InChI=1S/C21H12Cl3N3O3S/c22-11-2-6-18-16(8-11)26-20(30-18)13-4-3-12(9-17(13)28)25-21(31)27-19(29)10-1-5-14(23)15(24)7-10/h1-9,28H,(H2,25,27,29,31). The first-order valence-electron chi connectivity index (χ1n) is 8.77. The van der Waals surface area contributed by atoms with Crippen molar-refractivity contribution in [3.8, 4) is 17.2 Å². The minimum atomic E-state index is -0.456. The number of carbonyl (C=O) groups excluding carboxylic acids is 1. The van der Waals surface area contributed by atoms with E-state index in [0.717, 1.165) is 0 Å². The number of rotatable bonds is 3. The minimum absolute atomic E-state index is 0.0414. The first-order valence-corrected chi connectivity index (χ1v) is 10.3. The van der Waals surface area contributed by atoms with Crippen LogP contribution in [0.1, 0.15) is 10.4 Å². The highest BCUT2D eigenvalue weighted by Gasteiger charge is 2.14. The molecule has 0 saturated carbocycles. The fourth-order valence-electron chi connectivity index (χ4n) is 2.78. The van der Waals surface area contributed by atoms with Crippen LogP contribution in [-0.2, 0) is 0 Å². The Bertz CT molecular complexity index is 1340. The van der Waals surface area contributed by atoms with Gasteiger partial charge in [-0.2, -0.15) is 0 Å². The lowest BCUT2D eigenvalue weighted by molar-refractivity contribution is 0.0977. The van der Waals surface area contributed by atoms with Gasteiger partial charge >= 0.3 is 0 Å². The van der Waals surface area contributed by atoms with E-state index < -0.39 is 5.91 Å². The van der Waals surface area contributed by atoms with Gasteiger partial charge in [0.2, 0.25) is 5.89 Å². The number of phenolic OH excluding ortho intramolecular Hbond substituents is 1. The average molecular weight is 493 g/mol. The third kappa shape index (κ3) is 4.75. The first kappa shape index (κ1) is 21.4. The molecule has 0 radical (unpaired) electrons. The summed E-state index contributed by atoms with van der Waals surface area (Å²) in [5.74, 6) is -0.292. The van der Waals surface area contributed by atoms with Crippen LogP contribution in [0.5, 0.6) is 5.75 Å². The highest BCUT2D eigenvalue weighted by atomic mass is 35.5. The highest BCUT2D eigenvalue weighted by Crippen LogP contribution is 2.33. The van der Waals surface area contributed by atoms with Gasteiger partial charge in [-0.05, 0) is 60.7 Å². The highest BCUT2D eigenvalue weighted by molar-refractivity contribution is 7.80. The monoisotopic (exact) mass is 491 g/mol. The fraction of sp³-hybridized carbons (Fsp3) is 0. The van der Waals surface area contributed by atoms with Crippen LogP contribution in [0.25, 0.3) is 22.6 Å². The van der Waals surface area contributed by atoms with Crippen LogP contribution in [0.4, 0.5) is 5.69 Å². The van der Waals surface area contributed by atoms with E-state index in [9.17, 15) is 9.90 Å². The zero-order valence-corrected chi connectivity index (χ0v) is 18.5. The molecule has 0 atom stereocenters. The summed E-state index contributed by atoms with van der Waals surface area (Å²) in [7, 11) is 0. The molecule has 1 aromatic heterocycles. The maximum atomic E-state index is 12.3. The van der Waals surface area contributed by atoms with Gasteiger partial charge in [-0.15, -0.1) is 0 Å². The Balaban J connectivity index is 1.47. The lowest BCUT2D eigenvalue weighted by Crippen LogP contribution is -2.34. The van der Waals surface area contributed by atoms with E-state index in [-0.39, 0.29) is 21.8 Å². The van der Waals surface area contributed by atoms with Gasteiger partial charge < -0.3 is 14.8 Å². The molecule has 3 aromatic carbocycles. The molecule has 0 fully saturated rings. The number of fused-ring (bicyclic) bond motifs is 1. The van der Waals surface area contributed by atoms with Gasteiger partial charge in [0.1, 0.15) is 11.3 Å². The molecule has 0 spiro atoms. The van der Waals surface area contributed by atoms with Gasteiger partial charge in [0.15, 0.2) is 10.7 Å². The summed E-state index contributed by atoms with van der Waals surface area (Å²) in [4.78, 5) is 16.7. The number of aromatic hydroxyl groups is 1. The number of carbonyl (C=O) groups is 1. The molecule has 4 aromatic rings. The number of anilines is 1. The number of nitrogens with zero attached hydrogens (tertiary/aromatic N) is 1. The molecule has 6 nitrogen and oxygen atoms in total. The molecule has 1 heterocycles. The normalized spacial score (nSPS) is 10.8. The van der Waals surface area contributed by atoms with Gasteiger partial charge in [0.05, 0.1) is 15.6 Å². The maximum Gasteiger partial charge on any atom is 0.257 e. The van der Waals surface area contributed by atoms with Crippen LogP contribution in [0.15, 0.2) is 59.0 Å². The summed E-state index contributed by atoms with van der Waals surface area (Å²) in [5.41, 5.74) is 2.28. The molecule has 0 aliphatic heterocycles. The summed E-state index contributed by atoms with van der Waals surface area (Å²) in [6.07, 6.45) is 0. The molecule has 31 heavy (non-hydrogen) atoms. The number of nitrogens with one attached hydrogen (secondary N) is 2. The van der Waals surface area contributed by atoms with E-state index in [2.05, 4.69) is 15.6 Å². The van der Waals surface area contributed by atoms with Gasteiger partial charge in [-0.3, -0.25) is 10.1 Å². The third-order valence-electron chi connectivity index (χ3n) is 4.24. The zero-order valence-electron chi connectivity index (χ0n) is 15.4. The predicted molar refractivity (Wildman–Crippen MR) is 126 cm³/mol. The number of amides is 1. The van der Waals surface area contributed by atoms with E-state index in [1.807, 2.05) is 0 Å². The Morgan fingerprint density at radius 1 is 1.00 bits per heavy atom. The van der Waals surface area contributed by atoms with Gasteiger partial charge in [-0.25, -0.2) is 4.98 Å². The third-order valence-corrected chi connectivity index (χ3v) is 5.42. The molecule has 0 saturated heterocycles. The summed E-state index contributed by atoms with van der Waals surface area (Å²) in [6.45, 7) is 0. The fourth-order valence-corrected chi connectivity index (χ4v) is 3.46. The second-order valence-electron chi connectivity index (χ2n) is 6.40. The molecule has 156 valence electrons. The first-order chi connectivity index (χ1) is 14.8. The van der Waals surface area contributed by atoms with Crippen molar-refractivity contribution in [3.63, 3.8) is 0 Å². The van der Waals surface area contributed by atoms with Gasteiger partial charge in [0.25, 0.3) is 5.91 Å². The molecule has 0 bridgehead atoms. The van der Waals surface area contributed by atoms with Gasteiger partial charge in [-0.1, -0.05) is 34.8 Å². The van der Waals surface area contributed by atoms with Crippen molar-refractivity contribution in [1.29, 1.82) is 0 Å². The quantitative estimate of drug-likeness (QED) is 0.291. The lowest BCUT2D eigenvalue weighted by atomic mass is 10.2. The molecule has 0 aliphatic carbocycles. The number of hydrogen-bond acceptors (Lipinski definition) is 5. The second-order valence-corrected chi connectivity index (χ2v) is 8.06. The Morgan fingerprint density at radius 2 is 1.81 bits per heavy atom. The number of hydrogen-bond donors (Lipinski definition) is 3. The average Bonchev–Trinajstić information content (AvgIpc) is 3.12. The van der Waals surface area contributed by atoms with Crippen molar-refractivity contribution in [2.45, 2.75) is 0 Å². The lowest BCUT2D eigenvalue weighted by Gasteiger charge is -2.11. The van der Waals surface area contributed by atoms with Crippen LogP contribution < -0.4 is 10.6 Å². The topological polar surface area (TPSA) is 87.4 Å². The van der Waals surface area contributed by atoms with Crippen molar-refractivity contribution in [2.75, 3.05) is 5.32 Å². The van der Waals surface area contributed by atoms with Crippen LogP contribution in [0, 0.1) is 0 Å². The molecule has 1 amide bonds. The molecule has 4 rings (SSSR count). The summed E-state index contributed by atoms with van der Waals surface area (Å²) in [5, 5.41) is 17.0. The minimum Gasteiger partial charge on any atom is -0.507 e. The number of phenols is 1. The van der Waals surface area contributed by atoms with Crippen LogP contribution in [0.2, 0.25) is 15.1 Å². The Labute approximate surface area is 196 Å². The van der Waals surface area contributed by atoms with Crippen LogP contribution >= 0.6 is 47.0 Å². The van der Waals surface area contributed by atoms with Crippen LogP contribution in [0.3, 0.4) is 0 Å². The number of benzene rings is 3. The van der Waals surface area contributed by atoms with E-state index >= 15 is 0 Å². The molecular formula is C21H12Cl3N3O3S. The van der Waals surface area contributed by atoms with E-state index in [4.69, 9.17) is 51.4 Å².